The second-order valence-corrected chi connectivity index (χ2v) is 3.80. The van der Waals surface area contributed by atoms with E-state index < -0.39 is 0 Å². The lowest BCUT2D eigenvalue weighted by atomic mass is 10.2. The van der Waals surface area contributed by atoms with Gasteiger partial charge in [-0.15, -0.1) is 12.4 Å². The third-order valence-electron chi connectivity index (χ3n) is 2.38. The third-order valence-corrected chi connectivity index (χ3v) is 2.38. The van der Waals surface area contributed by atoms with Crippen LogP contribution >= 0.6 is 12.4 Å². The molecule has 3 heteroatoms. The Morgan fingerprint density at radius 1 is 1.06 bits per heavy atom. The van der Waals surface area contributed by atoms with Crippen LogP contribution in [0.2, 0.25) is 0 Å². The molecule has 1 aromatic carbocycles. The van der Waals surface area contributed by atoms with Crippen molar-refractivity contribution in [1.29, 1.82) is 0 Å². The number of hydrogen-bond acceptors (Lipinski definition) is 2. The van der Waals surface area contributed by atoms with Crippen molar-refractivity contribution in [2.45, 2.75) is 19.3 Å². The average molecular weight is 256 g/mol. The molecule has 0 aliphatic heterocycles. The largest absolute Gasteiger partial charge is 0.396 e. The van der Waals surface area contributed by atoms with Crippen LogP contribution in [0.5, 0.6) is 0 Å². The van der Waals surface area contributed by atoms with Crippen LogP contribution in [0.25, 0.3) is 6.08 Å². The summed E-state index contributed by atoms with van der Waals surface area (Å²) in [4.78, 5) is 0. The SMILES string of the molecule is Cl.OCCCCCNC/C=C/c1ccccc1. The van der Waals surface area contributed by atoms with Gasteiger partial charge in [-0.1, -0.05) is 42.5 Å². The minimum atomic E-state index is 0. The highest BCUT2D eigenvalue weighted by Crippen LogP contribution is 2.00. The predicted octanol–water partition coefficient (Wildman–Crippen LogP) is 2.87. The van der Waals surface area contributed by atoms with Gasteiger partial charge in [-0.2, -0.15) is 0 Å². The van der Waals surface area contributed by atoms with Crippen molar-refractivity contribution in [2.75, 3.05) is 19.7 Å². The summed E-state index contributed by atoms with van der Waals surface area (Å²) in [7, 11) is 0. The van der Waals surface area contributed by atoms with Crippen LogP contribution in [-0.2, 0) is 0 Å². The van der Waals surface area contributed by atoms with E-state index in [0.29, 0.717) is 6.61 Å². The molecule has 17 heavy (non-hydrogen) atoms. The zero-order valence-corrected chi connectivity index (χ0v) is 11.0. The number of unbranched alkanes of at least 4 members (excludes halogenated alkanes) is 2. The molecule has 0 unspecified atom stereocenters. The maximum atomic E-state index is 8.60. The third kappa shape index (κ3) is 8.93. The number of rotatable bonds is 8. The van der Waals surface area contributed by atoms with Gasteiger partial charge in [-0.3, -0.25) is 0 Å². The van der Waals surface area contributed by atoms with Crippen molar-refractivity contribution >= 4 is 18.5 Å². The summed E-state index contributed by atoms with van der Waals surface area (Å²) in [6, 6.07) is 10.3. The Hall–Kier alpha value is -0.830. The fourth-order valence-corrected chi connectivity index (χ4v) is 1.48. The van der Waals surface area contributed by atoms with E-state index in [-0.39, 0.29) is 12.4 Å². The van der Waals surface area contributed by atoms with E-state index in [2.05, 4.69) is 29.6 Å². The van der Waals surface area contributed by atoms with Gasteiger partial charge < -0.3 is 10.4 Å². The van der Waals surface area contributed by atoms with E-state index in [1.54, 1.807) is 0 Å². The molecule has 1 rings (SSSR count). The highest BCUT2D eigenvalue weighted by atomic mass is 35.5. The van der Waals surface area contributed by atoms with Gasteiger partial charge in [0.15, 0.2) is 0 Å². The maximum absolute atomic E-state index is 8.60. The van der Waals surface area contributed by atoms with Gasteiger partial charge in [0.25, 0.3) is 0 Å². The van der Waals surface area contributed by atoms with Crippen LogP contribution in [-0.4, -0.2) is 24.8 Å². The first-order chi connectivity index (χ1) is 7.93. The van der Waals surface area contributed by atoms with Crippen LogP contribution in [0.3, 0.4) is 0 Å². The number of benzene rings is 1. The smallest absolute Gasteiger partial charge is 0.0431 e. The molecule has 0 saturated carbocycles. The number of aliphatic hydroxyl groups is 1. The van der Waals surface area contributed by atoms with Crippen LogP contribution in [0.15, 0.2) is 36.4 Å². The highest BCUT2D eigenvalue weighted by Gasteiger charge is 1.87. The summed E-state index contributed by atoms with van der Waals surface area (Å²) in [5.41, 5.74) is 1.24. The zero-order chi connectivity index (χ0) is 11.5. The topological polar surface area (TPSA) is 32.3 Å². The molecule has 0 aromatic heterocycles. The van der Waals surface area contributed by atoms with Crippen molar-refractivity contribution < 1.29 is 5.11 Å². The number of halogens is 1. The summed E-state index contributed by atoms with van der Waals surface area (Å²) in [5.74, 6) is 0. The van der Waals surface area contributed by atoms with Gasteiger partial charge in [0.2, 0.25) is 0 Å². The van der Waals surface area contributed by atoms with Crippen LogP contribution in [0.1, 0.15) is 24.8 Å². The van der Waals surface area contributed by atoms with E-state index in [1.807, 2.05) is 18.2 Å². The van der Waals surface area contributed by atoms with Crippen molar-refractivity contribution in [2.24, 2.45) is 0 Å². The molecule has 0 amide bonds. The van der Waals surface area contributed by atoms with Gasteiger partial charge >= 0.3 is 0 Å². The summed E-state index contributed by atoms with van der Waals surface area (Å²) in [6.07, 6.45) is 7.43. The maximum Gasteiger partial charge on any atom is 0.0431 e. The molecule has 96 valence electrons. The van der Waals surface area contributed by atoms with Gasteiger partial charge in [-0.25, -0.2) is 0 Å². The normalized spacial score (nSPS) is 10.4. The first-order valence-electron chi connectivity index (χ1n) is 5.96. The van der Waals surface area contributed by atoms with E-state index in [1.165, 1.54) is 5.56 Å². The molecule has 0 aliphatic rings. The Morgan fingerprint density at radius 2 is 1.82 bits per heavy atom. The van der Waals surface area contributed by atoms with E-state index in [0.717, 1.165) is 32.4 Å². The summed E-state index contributed by atoms with van der Waals surface area (Å²) >= 11 is 0. The van der Waals surface area contributed by atoms with Crippen molar-refractivity contribution in [1.82, 2.24) is 5.32 Å². The van der Waals surface area contributed by atoms with Crippen LogP contribution in [0.4, 0.5) is 0 Å². The molecule has 1 aromatic rings. The lowest BCUT2D eigenvalue weighted by molar-refractivity contribution is 0.283. The van der Waals surface area contributed by atoms with Gasteiger partial charge in [-0.05, 0) is 31.4 Å². The van der Waals surface area contributed by atoms with Crippen LogP contribution < -0.4 is 5.32 Å². The first-order valence-corrected chi connectivity index (χ1v) is 5.96. The Labute approximate surface area is 110 Å². The summed E-state index contributed by atoms with van der Waals surface area (Å²) < 4.78 is 0. The van der Waals surface area contributed by atoms with Gasteiger partial charge in [0, 0.05) is 13.2 Å². The Balaban J connectivity index is 0.00000256. The second-order valence-electron chi connectivity index (χ2n) is 3.80. The molecule has 0 heterocycles. The minimum absolute atomic E-state index is 0. The molecule has 0 fully saturated rings. The van der Waals surface area contributed by atoms with Crippen molar-refractivity contribution in [3.8, 4) is 0 Å². The number of nitrogens with one attached hydrogen (secondary N) is 1. The lowest BCUT2D eigenvalue weighted by Crippen LogP contribution is -2.14. The standard InChI is InChI=1S/C14H21NO.ClH/c16-13-6-2-5-11-15-12-7-10-14-8-3-1-4-9-14;/h1,3-4,7-10,15-16H,2,5-6,11-13H2;1H/b10-7+;. The fourth-order valence-electron chi connectivity index (χ4n) is 1.48. The fraction of sp³-hybridized carbons (Fsp3) is 0.429. The van der Waals surface area contributed by atoms with Gasteiger partial charge in [0.05, 0.1) is 0 Å². The molecule has 0 radical (unpaired) electrons. The predicted molar refractivity (Wildman–Crippen MR) is 76.5 cm³/mol. The van der Waals surface area contributed by atoms with E-state index >= 15 is 0 Å². The minimum Gasteiger partial charge on any atom is -0.396 e. The Bertz CT molecular complexity index is 288. The van der Waals surface area contributed by atoms with Crippen molar-refractivity contribution in [3.63, 3.8) is 0 Å². The van der Waals surface area contributed by atoms with E-state index in [4.69, 9.17) is 5.11 Å². The lowest BCUT2D eigenvalue weighted by Gasteiger charge is -2.00. The Morgan fingerprint density at radius 3 is 2.53 bits per heavy atom. The van der Waals surface area contributed by atoms with E-state index in [9.17, 15) is 0 Å². The number of aliphatic hydroxyl groups excluding tert-OH is 1. The molecular formula is C14H22ClNO. The number of hydrogen-bond donors (Lipinski definition) is 2. The molecule has 0 saturated heterocycles. The quantitative estimate of drug-likeness (QED) is 0.700. The first kappa shape index (κ1) is 16.2. The summed E-state index contributed by atoms with van der Waals surface area (Å²) in [6.45, 7) is 2.25. The zero-order valence-electron chi connectivity index (χ0n) is 10.1. The average Bonchev–Trinajstić information content (AvgIpc) is 2.34. The Kier molecular flexibility index (Phi) is 11.1. The molecule has 0 aliphatic carbocycles. The van der Waals surface area contributed by atoms with Crippen molar-refractivity contribution in [3.05, 3.63) is 42.0 Å². The second kappa shape index (κ2) is 11.6. The molecule has 2 N–H and O–H groups in total. The molecule has 0 atom stereocenters. The summed E-state index contributed by atoms with van der Waals surface area (Å²) in [5, 5.41) is 11.9. The molecule has 0 bridgehead atoms. The van der Waals surface area contributed by atoms with Gasteiger partial charge in [0.1, 0.15) is 0 Å². The van der Waals surface area contributed by atoms with Crippen LogP contribution in [0, 0.1) is 0 Å². The monoisotopic (exact) mass is 255 g/mol. The molecule has 0 spiro atoms. The molecule has 2 nitrogen and oxygen atoms in total. The molecular weight excluding hydrogens is 234 g/mol. The highest BCUT2D eigenvalue weighted by molar-refractivity contribution is 5.85.